The molecule has 0 saturated carbocycles. The summed E-state index contributed by atoms with van der Waals surface area (Å²) in [6, 6.07) is 1.47. The largest absolute Gasteiger partial charge is 0.400 e. The third kappa shape index (κ3) is 3.26. The maximum Gasteiger partial charge on any atom is 0.351 e. The van der Waals surface area contributed by atoms with Crippen molar-refractivity contribution < 1.29 is 20.2 Å². The maximum absolute atomic E-state index is 11.5. The van der Waals surface area contributed by atoms with E-state index in [-0.39, 0.29) is 24.8 Å². The molecule has 2 atom stereocenters. The monoisotopic (exact) mass is 259 g/mol. The van der Waals surface area contributed by atoms with Crippen LogP contribution in [0.3, 0.4) is 0 Å². The fourth-order valence-electron chi connectivity index (χ4n) is 1.72. The summed E-state index contributed by atoms with van der Waals surface area (Å²) < 4.78 is 6.78. The Balaban J connectivity index is 0.000000771. The van der Waals surface area contributed by atoms with Crippen LogP contribution in [0.15, 0.2) is 17.1 Å². The Bertz CT molecular complexity index is 422. The van der Waals surface area contributed by atoms with Gasteiger partial charge in [-0.3, -0.25) is 15.3 Å². The van der Waals surface area contributed by atoms with E-state index in [9.17, 15) is 4.79 Å². The number of anilines is 1. The lowest BCUT2D eigenvalue weighted by molar-refractivity contribution is -0.0245. The van der Waals surface area contributed by atoms with E-state index in [4.69, 9.17) is 20.2 Å². The summed E-state index contributed by atoms with van der Waals surface area (Å²) in [5.74, 6) is 0.0953. The Labute approximate surface area is 103 Å². The molecule has 1 saturated heterocycles. The van der Waals surface area contributed by atoms with Crippen LogP contribution in [0, 0.1) is 0 Å². The second-order valence-electron chi connectivity index (χ2n) is 3.59. The molecule has 0 radical (unpaired) electrons. The van der Waals surface area contributed by atoms with Gasteiger partial charge >= 0.3 is 5.69 Å². The number of nitrogens with zero attached hydrogens (tertiary/aromatic N) is 2. The number of aliphatic hydroxyl groups excluding tert-OH is 2. The SMILES string of the molecule is CO.O=c1nc(NO)ccn1C1CCC(CO)O1. The van der Waals surface area contributed by atoms with Crippen LogP contribution in [-0.4, -0.2) is 44.8 Å². The summed E-state index contributed by atoms with van der Waals surface area (Å²) in [5.41, 5.74) is 1.30. The molecule has 1 aliphatic heterocycles. The van der Waals surface area contributed by atoms with Crippen LogP contribution in [0.5, 0.6) is 0 Å². The first-order valence-corrected chi connectivity index (χ1v) is 5.45. The first-order valence-electron chi connectivity index (χ1n) is 5.45. The summed E-state index contributed by atoms with van der Waals surface area (Å²) >= 11 is 0. The topological polar surface area (TPSA) is 117 Å². The molecule has 1 fully saturated rings. The predicted molar refractivity (Wildman–Crippen MR) is 62.3 cm³/mol. The van der Waals surface area contributed by atoms with Gasteiger partial charge in [-0.25, -0.2) is 4.79 Å². The minimum atomic E-state index is -0.498. The normalized spacial score (nSPS) is 22.2. The van der Waals surface area contributed by atoms with Crippen LogP contribution in [0.2, 0.25) is 0 Å². The van der Waals surface area contributed by atoms with Gasteiger partial charge in [0.2, 0.25) is 0 Å². The van der Waals surface area contributed by atoms with Crippen molar-refractivity contribution in [2.75, 3.05) is 19.2 Å². The number of hydrogen-bond donors (Lipinski definition) is 4. The summed E-state index contributed by atoms with van der Waals surface area (Å²) in [4.78, 5) is 15.1. The van der Waals surface area contributed by atoms with Gasteiger partial charge in [-0.15, -0.1) is 0 Å². The van der Waals surface area contributed by atoms with Crippen molar-refractivity contribution in [1.82, 2.24) is 9.55 Å². The van der Waals surface area contributed by atoms with Gasteiger partial charge in [-0.1, -0.05) is 0 Å². The van der Waals surface area contributed by atoms with Crippen LogP contribution in [0.1, 0.15) is 19.1 Å². The molecule has 2 heterocycles. The van der Waals surface area contributed by atoms with Gasteiger partial charge in [0.15, 0.2) is 5.82 Å². The molecular formula is C10H17N3O5. The number of rotatable bonds is 3. The Kier molecular flexibility index (Phi) is 5.72. The molecule has 2 rings (SSSR count). The Morgan fingerprint density at radius 3 is 2.78 bits per heavy atom. The molecule has 1 aromatic heterocycles. The molecular weight excluding hydrogens is 242 g/mol. The molecule has 102 valence electrons. The molecule has 4 N–H and O–H groups in total. The zero-order valence-electron chi connectivity index (χ0n) is 9.98. The number of hydrogen-bond acceptors (Lipinski definition) is 7. The van der Waals surface area contributed by atoms with E-state index >= 15 is 0 Å². The van der Waals surface area contributed by atoms with Crippen molar-refractivity contribution in [2.45, 2.75) is 25.2 Å². The van der Waals surface area contributed by atoms with Crippen LogP contribution >= 0.6 is 0 Å². The van der Waals surface area contributed by atoms with E-state index in [0.29, 0.717) is 12.8 Å². The minimum absolute atomic E-state index is 0.0467. The molecule has 1 aliphatic rings. The highest BCUT2D eigenvalue weighted by Gasteiger charge is 2.26. The third-order valence-electron chi connectivity index (χ3n) is 2.54. The van der Waals surface area contributed by atoms with Crippen molar-refractivity contribution >= 4 is 5.82 Å². The maximum atomic E-state index is 11.5. The van der Waals surface area contributed by atoms with Gasteiger partial charge in [-0.05, 0) is 18.9 Å². The van der Waals surface area contributed by atoms with Crippen molar-refractivity contribution in [1.29, 1.82) is 0 Å². The highest BCUT2D eigenvalue weighted by Crippen LogP contribution is 2.26. The molecule has 1 aromatic rings. The zero-order chi connectivity index (χ0) is 13.5. The average Bonchev–Trinajstić information content (AvgIpc) is 2.89. The van der Waals surface area contributed by atoms with Crippen molar-refractivity contribution in [3.05, 3.63) is 22.7 Å². The van der Waals surface area contributed by atoms with E-state index in [1.54, 1.807) is 5.48 Å². The number of aliphatic hydroxyl groups is 2. The molecule has 0 aromatic carbocycles. The van der Waals surface area contributed by atoms with E-state index in [2.05, 4.69) is 4.98 Å². The number of aromatic nitrogens is 2. The van der Waals surface area contributed by atoms with Crippen molar-refractivity contribution in [3.63, 3.8) is 0 Å². The lowest BCUT2D eigenvalue weighted by Crippen LogP contribution is -2.27. The molecule has 18 heavy (non-hydrogen) atoms. The standard InChI is InChI=1S/C9H13N3O4.CH4O/c13-5-6-1-2-8(16-6)12-4-3-7(11-15)10-9(12)14;1-2/h3-4,6,8,13,15H,1-2,5H2,(H,10,11,14);2H,1H3. The summed E-state index contributed by atoms with van der Waals surface area (Å²) in [6.45, 7) is -0.0467. The molecule has 0 aliphatic carbocycles. The lowest BCUT2D eigenvalue weighted by atomic mass is 10.2. The molecule has 8 nitrogen and oxygen atoms in total. The van der Waals surface area contributed by atoms with E-state index in [1.807, 2.05) is 0 Å². The fourth-order valence-corrected chi connectivity index (χ4v) is 1.72. The quantitative estimate of drug-likeness (QED) is 0.531. The van der Waals surface area contributed by atoms with E-state index < -0.39 is 5.69 Å². The molecule has 0 amide bonds. The average molecular weight is 259 g/mol. The van der Waals surface area contributed by atoms with Crippen molar-refractivity contribution in [2.24, 2.45) is 0 Å². The van der Waals surface area contributed by atoms with Crippen LogP contribution in [0.4, 0.5) is 5.82 Å². The van der Waals surface area contributed by atoms with E-state index in [0.717, 1.165) is 7.11 Å². The van der Waals surface area contributed by atoms with Gasteiger partial charge in [0.05, 0.1) is 12.7 Å². The van der Waals surface area contributed by atoms with Gasteiger partial charge < -0.3 is 14.9 Å². The Hall–Kier alpha value is -1.48. The number of nitrogens with one attached hydrogen (secondary N) is 1. The third-order valence-corrected chi connectivity index (χ3v) is 2.54. The highest BCUT2D eigenvalue weighted by molar-refractivity contribution is 5.27. The molecule has 0 bridgehead atoms. The highest BCUT2D eigenvalue weighted by atomic mass is 16.5. The Morgan fingerprint density at radius 1 is 1.56 bits per heavy atom. The lowest BCUT2D eigenvalue weighted by Gasteiger charge is -2.14. The molecule has 8 heteroatoms. The van der Waals surface area contributed by atoms with Gasteiger partial charge in [0, 0.05) is 13.3 Å². The van der Waals surface area contributed by atoms with Crippen molar-refractivity contribution in [3.8, 4) is 0 Å². The van der Waals surface area contributed by atoms with Crippen LogP contribution in [0.25, 0.3) is 0 Å². The molecule has 0 spiro atoms. The summed E-state index contributed by atoms with van der Waals surface area (Å²) in [5, 5.41) is 24.5. The van der Waals surface area contributed by atoms with Gasteiger partial charge in [0.1, 0.15) is 6.23 Å². The second-order valence-corrected chi connectivity index (χ2v) is 3.59. The first-order chi connectivity index (χ1) is 8.74. The minimum Gasteiger partial charge on any atom is -0.400 e. The smallest absolute Gasteiger partial charge is 0.351 e. The molecule has 2 unspecified atom stereocenters. The van der Waals surface area contributed by atoms with Crippen LogP contribution < -0.4 is 11.2 Å². The van der Waals surface area contributed by atoms with Crippen LogP contribution in [-0.2, 0) is 4.74 Å². The van der Waals surface area contributed by atoms with E-state index in [1.165, 1.54) is 16.8 Å². The zero-order valence-corrected chi connectivity index (χ0v) is 9.98. The van der Waals surface area contributed by atoms with Gasteiger partial charge in [-0.2, -0.15) is 4.98 Å². The predicted octanol–water partition coefficient (Wildman–Crippen LogP) is -0.677. The fraction of sp³-hybridized carbons (Fsp3) is 0.600. The second kappa shape index (κ2) is 7.07. The number of ether oxygens (including phenoxy) is 1. The summed E-state index contributed by atoms with van der Waals surface area (Å²) in [7, 11) is 1.00. The first kappa shape index (κ1) is 14.6. The van der Waals surface area contributed by atoms with Gasteiger partial charge in [0.25, 0.3) is 0 Å². The Morgan fingerprint density at radius 2 is 2.28 bits per heavy atom. The summed E-state index contributed by atoms with van der Waals surface area (Å²) in [6.07, 6.45) is 2.28.